The first-order valence-electron chi connectivity index (χ1n) is 8.84. The first-order chi connectivity index (χ1) is 11.5. The number of anilines is 1. The van der Waals surface area contributed by atoms with Crippen LogP contribution in [0.15, 0.2) is 18.2 Å². The fourth-order valence-corrected chi connectivity index (χ4v) is 3.29. The van der Waals surface area contributed by atoms with Crippen LogP contribution < -0.4 is 4.90 Å². The summed E-state index contributed by atoms with van der Waals surface area (Å²) < 4.78 is 0. The van der Waals surface area contributed by atoms with E-state index in [0.717, 1.165) is 56.0 Å². The van der Waals surface area contributed by atoms with Crippen molar-refractivity contribution < 1.29 is 9.59 Å². The molecule has 2 rings (SSSR count). The number of benzene rings is 1. The lowest BCUT2D eigenvalue weighted by molar-refractivity contribution is -0.132. The molecule has 0 atom stereocenters. The van der Waals surface area contributed by atoms with E-state index in [4.69, 9.17) is 0 Å². The van der Waals surface area contributed by atoms with Crippen LogP contribution >= 0.6 is 0 Å². The number of likely N-dealkylation sites (N-methyl/N-ethyl adjacent to an activating group) is 1. The molecule has 0 N–H and O–H groups in total. The number of rotatable bonds is 5. The lowest BCUT2D eigenvalue weighted by Gasteiger charge is -2.35. The molecule has 1 fully saturated rings. The van der Waals surface area contributed by atoms with E-state index in [-0.39, 0.29) is 18.4 Å². The van der Waals surface area contributed by atoms with Gasteiger partial charge in [0.15, 0.2) is 0 Å². The maximum absolute atomic E-state index is 12.7. The van der Waals surface area contributed by atoms with Crippen molar-refractivity contribution in [2.24, 2.45) is 0 Å². The zero-order valence-corrected chi connectivity index (χ0v) is 15.3. The fourth-order valence-electron chi connectivity index (χ4n) is 3.29. The molecule has 2 amide bonds. The Morgan fingerprint density at radius 2 is 1.79 bits per heavy atom. The van der Waals surface area contributed by atoms with Gasteiger partial charge in [-0.25, -0.2) is 0 Å². The third-order valence-corrected chi connectivity index (χ3v) is 4.82. The highest BCUT2D eigenvalue weighted by Crippen LogP contribution is 2.26. The van der Waals surface area contributed by atoms with Crippen molar-refractivity contribution in [3.63, 3.8) is 0 Å². The van der Waals surface area contributed by atoms with E-state index in [9.17, 15) is 9.59 Å². The first kappa shape index (κ1) is 18.5. The van der Waals surface area contributed by atoms with E-state index in [1.165, 1.54) is 6.92 Å². The van der Waals surface area contributed by atoms with Crippen molar-refractivity contribution in [3.05, 3.63) is 29.3 Å². The number of nitrogens with zero attached hydrogens (tertiary/aromatic N) is 3. The minimum Gasteiger partial charge on any atom is -0.339 e. The number of hydrogen-bond donors (Lipinski definition) is 0. The van der Waals surface area contributed by atoms with Crippen LogP contribution in [0.25, 0.3) is 0 Å². The fraction of sp³-hybridized carbons (Fsp3) is 0.579. The van der Waals surface area contributed by atoms with Crippen LogP contribution in [-0.4, -0.2) is 60.9 Å². The van der Waals surface area contributed by atoms with Gasteiger partial charge in [-0.05, 0) is 31.0 Å². The monoisotopic (exact) mass is 331 g/mol. The number of carbonyl (C=O) groups is 2. The van der Waals surface area contributed by atoms with Crippen molar-refractivity contribution in [2.45, 2.75) is 34.1 Å². The Morgan fingerprint density at radius 3 is 2.33 bits per heavy atom. The number of aryl methyl sites for hydroxylation is 2. The molecule has 5 heteroatoms. The van der Waals surface area contributed by atoms with Gasteiger partial charge in [0.1, 0.15) is 6.54 Å². The van der Waals surface area contributed by atoms with Gasteiger partial charge in [-0.2, -0.15) is 0 Å². The highest BCUT2D eigenvalue weighted by molar-refractivity contribution is 5.98. The van der Waals surface area contributed by atoms with Gasteiger partial charge in [-0.1, -0.05) is 32.0 Å². The summed E-state index contributed by atoms with van der Waals surface area (Å²) in [6.45, 7) is 12.2. The van der Waals surface area contributed by atoms with E-state index in [1.54, 1.807) is 4.90 Å². The van der Waals surface area contributed by atoms with Gasteiger partial charge in [0.25, 0.3) is 0 Å². The molecule has 1 aliphatic heterocycles. The van der Waals surface area contributed by atoms with E-state index >= 15 is 0 Å². The lowest BCUT2D eigenvalue weighted by atomic mass is 10.0. The summed E-state index contributed by atoms with van der Waals surface area (Å²) in [6.07, 6.45) is 0.837. The maximum atomic E-state index is 12.7. The van der Waals surface area contributed by atoms with Gasteiger partial charge in [-0.15, -0.1) is 0 Å². The molecule has 1 aromatic carbocycles. The SMILES string of the molecule is CCc1cccc(C)c1N(CC(=O)N1CCN(CC)CC1)C(C)=O. The minimum absolute atomic E-state index is 0.0336. The van der Waals surface area contributed by atoms with Gasteiger partial charge < -0.3 is 14.7 Å². The predicted octanol–water partition coefficient (Wildman–Crippen LogP) is 2.07. The van der Waals surface area contributed by atoms with Gasteiger partial charge in [0, 0.05) is 33.1 Å². The predicted molar refractivity (Wildman–Crippen MR) is 97.3 cm³/mol. The topological polar surface area (TPSA) is 43.9 Å². The molecule has 0 bridgehead atoms. The molecule has 0 aromatic heterocycles. The molecule has 0 spiro atoms. The average Bonchev–Trinajstić information content (AvgIpc) is 2.59. The number of carbonyl (C=O) groups excluding carboxylic acids is 2. The van der Waals surface area contributed by atoms with E-state index < -0.39 is 0 Å². The van der Waals surface area contributed by atoms with Gasteiger partial charge in [0.05, 0.1) is 5.69 Å². The first-order valence-corrected chi connectivity index (χ1v) is 8.84. The van der Waals surface area contributed by atoms with Crippen LogP contribution in [0.4, 0.5) is 5.69 Å². The van der Waals surface area contributed by atoms with E-state index in [1.807, 2.05) is 30.0 Å². The molecular weight excluding hydrogens is 302 g/mol. The Labute approximate surface area is 145 Å². The molecule has 5 nitrogen and oxygen atoms in total. The summed E-state index contributed by atoms with van der Waals surface area (Å²) in [6, 6.07) is 6.03. The summed E-state index contributed by atoms with van der Waals surface area (Å²) in [4.78, 5) is 30.8. The summed E-state index contributed by atoms with van der Waals surface area (Å²) in [5, 5.41) is 0. The molecule has 0 aliphatic carbocycles. The zero-order chi connectivity index (χ0) is 17.7. The van der Waals surface area contributed by atoms with E-state index in [2.05, 4.69) is 18.7 Å². The molecule has 132 valence electrons. The van der Waals surface area contributed by atoms with Crippen LogP contribution in [0.1, 0.15) is 31.9 Å². The Kier molecular flexibility index (Phi) is 6.37. The molecule has 1 saturated heterocycles. The quantitative estimate of drug-likeness (QED) is 0.830. The third kappa shape index (κ3) is 4.15. The Morgan fingerprint density at radius 1 is 1.12 bits per heavy atom. The highest BCUT2D eigenvalue weighted by atomic mass is 16.2. The van der Waals surface area contributed by atoms with Gasteiger partial charge in [-0.3, -0.25) is 9.59 Å². The maximum Gasteiger partial charge on any atom is 0.242 e. The normalized spacial score (nSPS) is 15.4. The highest BCUT2D eigenvalue weighted by Gasteiger charge is 2.25. The number of piperazine rings is 1. The smallest absolute Gasteiger partial charge is 0.242 e. The van der Waals surface area contributed by atoms with Crippen molar-refractivity contribution in [1.82, 2.24) is 9.80 Å². The second-order valence-electron chi connectivity index (χ2n) is 6.36. The molecule has 1 aromatic rings. The lowest BCUT2D eigenvalue weighted by Crippen LogP contribution is -2.51. The standard InChI is InChI=1S/C19H29N3O2/c1-5-17-9-7-8-15(3)19(17)22(16(4)23)14-18(24)21-12-10-20(6-2)11-13-21/h7-9H,5-6,10-14H2,1-4H3. The summed E-state index contributed by atoms with van der Waals surface area (Å²) >= 11 is 0. The third-order valence-electron chi connectivity index (χ3n) is 4.82. The summed E-state index contributed by atoms with van der Waals surface area (Å²) in [5.41, 5.74) is 3.04. The number of hydrogen-bond acceptors (Lipinski definition) is 3. The Balaban J connectivity index is 2.15. The summed E-state index contributed by atoms with van der Waals surface area (Å²) in [7, 11) is 0. The largest absolute Gasteiger partial charge is 0.339 e. The second-order valence-corrected chi connectivity index (χ2v) is 6.36. The molecule has 1 aliphatic rings. The van der Waals surface area contributed by atoms with Gasteiger partial charge in [0.2, 0.25) is 11.8 Å². The van der Waals surface area contributed by atoms with Crippen LogP contribution in [0, 0.1) is 6.92 Å². The molecular formula is C19H29N3O2. The second kappa shape index (κ2) is 8.29. The van der Waals surface area contributed by atoms with Crippen LogP contribution in [0.3, 0.4) is 0 Å². The molecule has 24 heavy (non-hydrogen) atoms. The van der Waals surface area contributed by atoms with Gasteiger partial charge >= 0.3 is 0 Å². The number of para-hydroxylation sites is 1. The van der Waals surface area contributed by atoms with Crippen LogP contribution in [0.2, 0.25) is 0 Å². The number of amides is 2. The summed E-state index contributed by atoms with van der Waals surface area (Å²) in [5.74, 6) is -0.0502. The van der Waals surface area contributed by atoms with Crippen molar-refractivity contribution in [1.29, 1.82) is 0 Å². The van der Waals surface area contributed by atoms with Crippen molar-refractivity contribution >= 4 is 17.5 Å². The van der Waals surface area contributed by atoms with Crippen LogP contribution in [0.5, 0.6) is 0 Å². The molecule has 0 unspecified atom stereocenters. The Hall–Kier alpha value is -1.88. The Bertz CT molecular complexity index is 592. The van der Waals surface area contributed by atoms with E-state index in [0.29, 0.717) is 0 Å². The molecule has 0 saturated carbocycles. The minimum atomic E-state index is -0.0838. The van der Waals surface area contributed by atoms with Crippen LogP contribution in [-0.2, 0) is 16.0 Å². The molecule has 1 heterocycles. The molecule has 0 radical (unpaired) electrons. The average molecular weight is 331 g/mol. The van der Waals surface area contributed by atoms with Crippen molar-refractivity contribution in [3.8, 4) is 0 Å². The van der Waals surface area contributed by atoms with Crippen molar-refractivity contribution in [2.75, 3.05) is 44.2 Å². The zero-order valence-electron chi connectivity index (χ0n) is 15.3.